The summed E-state index contributed by atoms with van der Waals surface area (Å²) in [6, 6.07) is 5.04. The molecule has 2 atom stereocenters. The van der Waals surface area contributed by atoms with Crippen LogP contribution in [0.25, 0.3) is 0 Å². The molecule has 2 aromatic rings. The third-order valence-electron chi connectivity index (χ3n) is 4.95. The maximum Gasteiger partial charge on any atom is 0.0807 e. The second-order valence-corrected chi connectivity index (χ2v) is 7.17. The molecule has 4 rings (SSSR count). The number of hydrogen-bond acceptors (Lipinski definition) is 2. The molecule has 0 bridgehead atoms. The first-order valence-electron chi connectivity index (χ1n) is 7.70. The van der Waals surface area contributed by atoms with E-state index in [0.717, 1.165) is 19.3 Å². The molecule has 0 fully saturated rings. The molecule has 0 aromatic carbocycles. The van der Waals surface area contributed by atoms with Crippen molar-refractivity contribution < 1.29 is 5.11 Å². The number of aliphatic hydroxyl groups is 1. The topological polar surface area (TPSA) is 25.2 Å². The molecule has 0 saturated heterocycles. The summed E-state index contributed by atoms with van der Waals surface area (Å²) in [6.45, 7) is 2.20. The molecule has 2 heterocycles. The number of aliphatic hydroxyl groups excluding tert-OH is 1. The Morgan fingerprint density at radius 3 is 2.95 bits per heavy atom. The Kier molecular flexibility index (Phi) is 3.00. The number of rotatable bonds is 1. The molecule has 106 valence electrons. The van der Waals surface area contributed by atoms with Crippen molar-refractivity contribution in [2.75, 3.05) is 0 Å². The highest BCUT2D eigenvalue weighted by Crippen LogP contribution is 2.41. The Morgan fingerprint density at radius 1 is 1.20 bits per heavy atom. The normalized spacial score (nSPS) is 25.3. The van der Waals surface area contributed by atoms with Gasteiger partial charge < -0.3 is 9.67 Å². The largest absolute Gasteiger partial charge is 0.388 e. The van der Waals surface area contributed by atoms with E-state index in [1.807, 2.05) is 11.3 Å². The summed E-state index contributed by atoms with van der Waals surface area (Å²) >= 11 is 1.91. The van der Waals surface area contributed by atoms with Crippen molar-refractivity contribution in [1.29, 1.82) is 0 Å². The van der Waals surface area contributed by atoms with Crippen LogP contribution in [0.15, 0.2) is 17.5 Å². The Labute approximate surface area is 124 Å². The highest BCUT2D eigenvalue weighted by molar-refractivity contribution is 7.10. The standard InChI is InChI=1S/C17H21NOS/c1-11-10-13-15(4-2-6-16(13)19)18(11)14-5-3-7-17-12(14)8-9-20-17/h8-10,14,16,19H,2-7H2,1H3. The molecular weight excluding hydrogens is 266 g/mol. The molecule has 1 N–H and O–H groups in total. The van der Waals surface area contributed by atoms with Crippen LogP contribution in [-0.2, 0) is 12.8 Å². The number of fused-ring (bicyclic) bond motifs is 2. The van der Waals surface area contributed by atoms with Crippen molar-refractivity contribution in [2.45, 2.75) is 57.6 Å². The maximum atomic E-state index is 10.2. The van der Waals surface area contributed by atoms with Crippen LogP contribution in [0.2, 0.25) is 0 Å². The van der Waals surface area contributed by atoms with E-state index in [1.165, 1.54) is 41.8 Å². The fourth-order valence-corrected chi connectivity index (χ4v) is 5.05. The van der Waals surface area contributed by atoms with Gasteiger partial charge in [0.15, 0.2) is 0 Å². The van der Waals surface area contributed by atoms with Gasteiger partial charge in [0.05, 0.1) is 12.1 Å². The smallest absolute Gasteiger partial charge is 0.0807 e. The Bertz CT molecular complexity index is 639. The van der Waals surface area contributed by atoms with Crippen LogP contribution >= 0.6 is 11.3 Å². The summed E-state index contributed by atoms with van der Waals surface area (Å²) < 4.78 is 2.53. The van der Waals surface area contributed by atoms with Gasteiger partial charge in [-0.25, -0.2) is 0 Å². The Morgan fingerprint density at radius 2 is 2.05 bits per heavy atom. The minimum Gasteiger partial charge on any atom is -0.388 e. The molecule has 2 aliphatic carbocycles. The minimum atomic E-state index is -0.246. The van der Waals surface area contributed by atoms with Gasteiger partial charge in [-0.2, -0.15) is 0 Å². The zero-order valence-corrected chi connectivity index (χ0v) is 12.7. The lowest BCUT2D eigenvalue weighted by atomic mass is 9.91. The van der Waals surface area contributed by atoms with E-state index >= 15 is 0 Å². The average molecular weight is 287 g/mol. The van der Waals surface area contributed by atoms with Crippen LogP contribution in [0.5, 0.6) is 0 Å². The monoisotopic (exact) mass is 287 g/mol. The van der Waals surface area contributed by atoms with Crippen molar-refractivity contribution in [1.82, 2.24) is 4.57 Å². The molecule has 3 heteroatoms. The van der Waals surface area contributed by atoms with Gasteiger partial charge in [-0.15, -0.1) is 11.3 Å². The average Bonchev–Trinajstić information content (AvgIpc) is 3.03. The van der Waals surface area contributed by atoms with Crippen molar-refractivity contribution in [3.8, 4) is 0 Å². The molecule has 2 nitrogen and oxygen atoms in total. The maximum absolute atomic E-state index is 10.2. The molecule has 20 heavy (non-hydrogen) atoms. The molecular formula is C17H21NOS. The molecule has 2 aliphatic rings. The van der Waals surface area contributed by atoms with E-state index in [2.05, 4.69) is 29.0 Å². The lowest BCUT2D eigenvalue weighted by Gasteiger charge is -2.29. The first kappa shape index (κ1) is 12.7. The number of hydrogen-bond donors (Lipinski definition) is 1. The summed E-state index contributed by atoms with van der Waals surface area (Å²) in [7, 11) is 0. The fraction of sp³-hybridized carbons (Fsp3) is 0.529. The van der Waals surface area contributed by atoms with Gasteiger partial charge >= 0.3 is 0 Å². The second kappa shape index (κ2) is 4.74. The molecule has 0 aliphatic heterocycles. The SMILES string of the molecule is Cc1cc2c(n1C1CCCc3sccc31)CCCC2O. The highest BCUT2D eigenvalue weighted by Gasteiger charge is 2.29. The van der Waals surface area contributed by atoms with Gasteiger partial charge in [0.2, 0.25) is 0 Å². The van der Waals surface area contributed by atoms with Crippen molar-refractivity contribution in [3.05, 3.63) is 44.9 Å². The molecule has 2 unspecified atom stereocenters. The van der Waals surface area contributed by atoms with Crippen LogP contribution in [0.1, 0.15) is 65.2 Å². The zero-order valence-electron chi connectivity index (χ0n) is 11.9. The molecule has 0 amide bonds. The predicted molar refractivity (Wildman–Crippen MR) is 82.5 cm³/mol. The van der Waals surface area contributed by atoms with Crippen molar-refractivity contribution in [2.24, 2.45) is 0 Å². The summed E-state index contributed by atoms with van der Waals surface area (Å²) in [4.78, 5) is 1.57. The van der Waals surface area contributed by atoms with Crippen molar-refractivity contribution in [3.63, 3.8) is 0 Å². The molecule has 0 saturated carbocycles. The lowest BCUT2D eigenvalue weighted by Crippen LogP contribution is -2.20. The molecule has 0 spiro atoms. The van der Waals surface area contributed by atoms with Crippen LogP contribution in [0.4, 0.5) is 0 Å². The van der Waals surface area contributed by atoms with Crippen LogP contribution < -0.4 is 0 Å². The van der Waals surface area contributed by atoms with E-state index in [9.17, 15) is 5.11 Å². The van der Waals surface area contributed by atoms with E-state index in [-0.39, 0.29) is 6.10 Å². The number of thiophene rings is 1. The Balaban J connectivity index is 1.85. The van der Waals surface area contributed by atoms with Gasteiger partial charge in [-0.05, 0) is 68.5 Å². The quantitative estimate of drug-likeness (QED) is 0.837. The third kappa shape index (κ3) is 1.80. The highest BCUT2D eigenvalue weighted by atomic mass is 32.1. The Hall–Kier alpha value is -1.06. The number of aryl methyl sites for hydroxylation is 2. The van der Waals surface area contributed by atoms with Crippen molar-refractivity contribution >= 4 is 11.3 Å². The second-order valence-electron chi connectivity index (χ2n) is 6.17. The summed E-state index contributed by atoms with van der Waals surface area (Å²) in [5.41, 5.74) is 5.43. The summed E-state index contributed by atoms with van der Waals surface area (Å²) in [5, 5.41) is 12.5. The van der Waals surface area contributed by atoms with Gasteiger partial charge in [-0.3, -0.25) is 0 Å². The third-order valence-corrected chi connectivity index (χ3v) is 5.95. The van der Waals surface area contributed by atoms with Crippen LogP contribution in [0, 0.1) is 6.92 Å². The van der Waals surface area contributed by atoms with E-state index < -0.39 is 0 Å². The number of nitrogens with zero attached hydrogens (tertiary/aromatic N) is 1. The van der Waals surface area contributed by atoms with Crippen LogP contribution in [0.3, 0.4) is 0 Å². The van der Waals surface area contributed by atoms with E-state index in [4.69, 9.17) is 0 Å². The first-order valence-corrected chi connectivity index (χ1v) is 8.58. The number of aromatic nitrogens is 1. The van der Waals surface area contributed by atoms with Gasteiger partial charge in [0.25, 0.3) is 0 Å². The lowest BCUT2D eigenvalue weighted by molar-refractivity contribution is 0.155. The molecule has 2 aromatic heterocycles. The summed E-state index contributed by atoms with van der Waals surface area (Å²) in [5.74, 6) is 0. The minimum absolute atomic E-state index is 0.246. The predicted octanol–water partition coefficient (Wildman–Crippen LogP) is 4.15. The summed E-state index contributed by atoms with van der Waals surface area (Å²) in [6.07, 6.45) is 6.68. The van der Waals surface area contributed by atoms with Gasteiger partial charge in [0, 0.05) is 21.8 Å². The first-order chi connectivity index (χ1) is 9.75. The van der Waals surface area contributed by atoms with Gasteiger partial charge in [0.1, 0.15) is 0 Å². The zero-order chi connectivity index (χ0) is 13.7. The van der Waals surface area contributed by atoms with E-state index in [1.54, 1.807) is 4.88 Å². The molecule has 0 radical (unpaired) electrons. The van der Waals surface area contributed by atoms with Gasteiger partial charge in [-0.1, -0.05) is 0 Å². The van der Waals surface area contributed by atoms with Crippen LogP contribution in [-0.4, -0.2) is 9.67 Å². The van der Waals surface area contributed by atoms with E-state index in [0.29, 0.717) is 6.04 Å². The fourth-order valence-electron chi connectivity index (χ4n) is 4.07.